The van der Waals surface area contributed by atoms with Crippen molar-refractivity contribution in [1.29, 1.82) is 0 Å². The molecule has 0 aliphatic carbocycles. The number of ketones is 1. The molecule has 5 heteroatoms. The Labute approximate surface area is 172 Å². The molecule has 2 aromatic carbocycles. The number of hydrogen-bond acceptors (Lipinski definition) is 4. The second-order valence-electron chi connectivity index (χ2n) is 7.76. The van der Waals surface area contributed by atoms with E-state index in [2.05, 4.69) is 6.92 Å². The maximum absolute atomic E-state index is 12.9. The Morgan fingerprint density at radius 1 is 1.03 bits per heavy atom. The van der Waals surface area contributed by atoms with Crippen LogP contribution in [0, 0.1) is 6.92 Å². The SMILES string of the molecule is CCc1ccc(C2/C(=C(/O)c3ccc(C)cc3)C(=O)C(=O)N2CCN(C)C)cc1. The third-order valence-electron chi connectivity index (χ3n) is 5.36. The van der Waals surface area contributed by atoms with Crippen LogP contribution in [0.5, 0.6) is 0 Å². The standard InChI is InChI=1S/C24H28N2O3/c1-5-17-8-12-18(13-9-17)21-20(22(27)19-10-6-16(2)7-11-19)23(28)24(29)26(21)15-14-25(3)4/h6-13,21,27H,5,14-15H2,1-4H3/b22-20-. The molecular weight excluding hydrogens is 364 g/mol. The summed E-state index contributed by atoms with van der Waals surface area (Å²) in [4.78, 5) is 29.3. The Hall–Kier alpha value is -2.92. The first kappa shape index (κ1) is 20.8. The summed E-state index contributed by atoms with van der Waals surface area (Å²) in [5, 5.41) is 11.0. The summed E-state index contributed by atoms with van der Waals surface area (Å²) < 4.78 is 0. The van der Waals surface area contributed by atoms with Gasteiger partial charge >= 0.3 is 0 Å². The van der Waals surface area contributed by atoms with Crippen LogP contribution >= 0.6 is 0 Å². The minimum atomic E-state index is -0.633. The molecule has 0 saturated carbocycles. The van der Waals surface area contributed by atoms with Crippen LogP contribution in [0.4, 0.5) is 0 Å². The van der Waals surface area contributed by atoms with E-state index >= 15 is 0 Å². The molecule has 1 aliphatic rings. The Kier molecular flexibility index (Phi) is 6.18. The van der Waals surface area contributed by atoms with Gasteiger partial charge < -0.3 is 14.9 Å². The van der Waals surface area contributed by atoms with Gasteiger partial charge in [0.2, 0.25) is 0 Å². The lowest BCUT2D eigenvalue weighted by molar-refractivity contribution is -0.140. The quantitative estimate of drug-likeness (QED) is 0.464. The smallest absolute Gasteiger partial charge is 0.295 e. The number of carbonyl (C=O) groups is 2. The van der Waals surface area contributed by atoms with E-state index in [1.165, 1.54) is 5.56 Å². The first-order chi connectivity index (χ1) is 13.8. The van der Waals surface area contributed by atoms with Gasteiger partial charge in [0.1, 0.15) is 5.76 Å². The molecular formula is C24H28N2O3. The van der Waals surface area contributed by atoms with Crippen LogP contribution < -0.4 is 0 Å². The lowest BCUT2D eigenvalue weighted by Gasteiger charge is -2.26. The Balaban J connectivity index is 2.12. The maximum Gasteiger partial charge on any atom is 0.295 e. The fourth-order valence-electron chi connectivity index (χ4n) is 3.57. The molecule has 1 amide bonds. The largest absolute Gasteiger partial charge is 0.507 e. The van der Waals surface area contributed by atoms with Gasteiger partial charge in [0.15, 0.2) is 0 Å². The molecule has 3 rings (SSSR count). The van der Waals surface area contributed by atoms with Crippen LogP contribution in [0.25, 0.3) is 5.76 Å². The predicted octanol–water partition coefficient (Wildman–Crippen LogP) is 3.54. The normalized spacial score (nSPS) is 18.7. The van der Waals surface area contributed by atoms with Crippen molar-refractivity contribution in [3.63, 3.8) is 0 Å². The topological polar surface area (TPSA) is 60.9 Å². The summed E-state index contributed by atoms with van der Waals surface area (Å²) in [7, 11) is 3.85. The second-order valence-corrected chi connectivity index (χ2v) is 7.76. The van der Waals surface area contributed by atoms with Crippen LogP contribution in [0.1, 0.15) is 35.2 Å². The van der Waals surface area contributed by atoms with Gasteiger partial charge in [0.05, 0.1) is 11.6 Å². The highest BCUT2D eigenvalue weighted by Gasteiger charge is 2.45. The molecule has 1 aliphatic heterocycles. The van der Waals surface area contributed by atoms with E-state index < -0.39 is 17.7 Å². The molecule has 1 heterocycles. The lowest BCUT2D eigenvalue weighted by atomic mass is 9.94. The predicted molar refractivity (Wildman–Crippen MR) is 115 cm³/mol. The van der Waals surface area contributed by atoms with Gasteiger partial charge in [-0.1, -0.05) is 61.0 Å². The highest BCUT2D eigenvalue weighted by Crippen LogP contribution is 2.39. The Morgan fingerprint density at radius 2 is 1.66 bits per heavy atom. The fourth-order valence-corrected chi connectivity index (χ4v) is 3.57. The number of likely N-dealkylation sites (tertiary alicyclic amines) is 1. The number of aliphatic hydroxyl groups excluding tert-OH is 1. The molecule has 1 atom stereocenters. The lowest BCUT2D eigenvalue weighted by Crippen LogP contribution is -2.35. The number of nitrogens with zero attached hydrogens (tertiary/aromatic N) is 2. The summed E-state index contributed by atoms with van der Waals surface area (Å²) in [6.45, 7) is 5.07. The number of amides is 1. The number of hydrogen-bond donors (Lipinski definition) is 1. The van der Waals surface area contributed by atoms with Gasteiger partial charge in [-0.2, -0.15) is 0 Å². The summed E-state index contributed by atoms with van der Waals surface area (Å²) in [6.07, 6.45) is 0.907. The molecule has 0 spiro atoms. The van der Waals surface area contributed by atoms with E-state index in [0.29, 0.717) is 18.7 Å². The molecule has 1 unspecified atom stereocenters. The number of Topliss-reactive ketones (excluding diaryl/α,β-unsaturated/α-hetero) is 1. The van der Waals surface area contributed by atoms with Crippen molar-refractivity contribution in [2.45, 2.75) is 26.3 Å². The van der Waals surface area contributed by atoms with Crippen LogP contribution in [0.15, 0.2) is 54.1 Å². The van der Waals surface area contributed by atoms with Crippen molar-refractivity contribution < 1.29 is 14.7 Å². The van der Waals surface area contributed by atoms with Gasteiger partial charge in [0.25, 0.3) is 11.7 Å². The monoisotopic (exact) mass is 392 g/mol. The third kappa shape index (κ3) is 4.25. The molecule has 0 radical (unpaired) electrons. The van der Waals surface area contributed by atoms with Crippen molar-refractivity contribution in [1.82, 2.24) is 9.80 Å². The minimum absolute atomic E-state index is 0.125. The number of aliphatic hydroxyl groups is 1. The third-order valence-corrected chi connectivity index (χ3v) is 5.36. The number of rotatable bonds is 6. The van der Waals surface area contributed by atoms with E-state index in [0.717, 1.165) is 17.5 Å². The first-order valence-corrected chi connectivity index (χ1v) is 9.92. The highest BCUT2D eigenvalue weighted by molar-refractivity contribution is 6.46. The van der Waals surface area contributed by atoms with Crippen molar-refractivity contribution in [2.75, 3.05) is 27.2 Å². The van der Waals surface area contributed by atoms with Crippen LogP contribution in [-0.4, -0.2) is 53.8 Å². The first-order valence-electron chi connectivity index (χ1n) is 9.92. The van der Waals surface area contributed by atoms with Crippen LogP contribution in [-0.2, 0) is 16.0 Å². The molecule has 0 bridgehead atoms. The number of likely N-dealkylation sites (N-methyl/N-ethyl adjacent to an activating group) is 1. The van der Waals surface area contributed by atoms with E-state index in [4.69, 9.17) is 0 Å². The molecule has 1 fully saturated rings. The number of carbonyl (C=O) groups excluding carboxylic acids is 2. The molecule has 1 saturated heterocycles. The van der Waals surface area contributed by atoms with Gasteiger partial charge in [-0.15, -0.1) is 0 Å². The van der Waals surface area contributed by atoms with Crippen molar-refractivity contribution in [3.8, 4) is 0 Å². The molecule has 0 aromatic heterocycles. The average molecular weight is 392 g/mol. The average Bonchev–Trinajstić information content (AvgIpc) is 2.97. The zero-order valence-electron chi connectivity index (χ0n) is 17.5. The molecule has 1 N–H and O–H groups in total. The van der Waals surface area contributed by atoms with Crippen molar-refractivity contribution in [3.05, 3.63) is 76.4 Å². The molecule has 5 nitrogen and oxygen atoms in total. The van der Waals surface area contributed by atoms with Crippen molar-refractivity contribution in [2.24, 2.45) is 0 Å². The Bertz CT molecular complexity index is 928. The zero-order chi connectivity index (χ0) is 21.1. The van der Waals surface area contributed by atoms with Crippen LogP contribution in [0.3, 0.4) is 0 Å². The highest BCUT2D eigenvalue weighted by atomic mass is 16.3. The van der Waals surface area contributed by atoms with Gasteiger partial charge in [-0.05, 0) is 38.6 Å². The summed E-state index contributed by atoms with van der Waals surface area (Å²) >= 11 is 0. The number of aryl methyl sites for hydroxylation is 2. The van der Waals surface area contributed by atoms with Gasteiger partial charge in [-0.3, -0.25) is 9.59 Å². The summed E-state index contributed by atoms with van der Waals surface area (Å²) in [5.74, 6) is -1.32. The second kappa shape index (κ2) is 8.62. The number of benzene rings is 2. The van der Waals surface area contributed by atoms with Crippen molar-refractivity contribution >= 4 is 17.4 Å². The minimum Gasteiger partial charge on any atom is -0.507 e. The molecule has 2 aromatic rings. The fraction of sp³-hybridized carbons (Fsp3) is 0.333. The summed E-state index contributed by atoms with van der Waals surface area (Å²) in [6, 6.07) is 14.6. The van der Waals surface area contributed by atoms with E-state index in [9.17, 15) is 14.7 Å². The van der Waals surface area contributed by atoms with Crippen LogP contribution in [0.2, 0.25) is 0 Å². The van der Waals surface area contributed by atoms with Gasteiger partial charge in [0, 0.05) is 18.7 Å². The van der Waals surface area contributed by atoms with E-state index in [1.807, 2.05) is 62.3 Å². The maximum atomic E-state index is 12.9. The van der Waals surface area contributed by atoms with E-state index in [-0.39, 0.29) is 11.3 Å². The molecule has 152 valence electrons. The van der Waals surface area contributed by atoms with E-state index in [1.54, 1.807) is 17.0 Å². The van der Waals surface area contributed by atoms with Gasteiger partial charge in [-0.25, -0.2) is 0 Å². The summed E-state index contributed by atoms with van der Waals surface area (Å²) in [5.41, 5.74) is 3.75. The zero-order valence-corrected chi connectivity index (χ0v) is 17.5. The Morgan fingerprint density at radius 3 is 2.21 bits per heavy atom. The molecule has 29 heavy (non-hydrogen) atoms.